The third kappa shape index (κ3) is 5.19. The van der Waals surface area contributed by atoms with Gasteiger partial charge < -0.3 is 25.1 Å². The first-order chi connectivity index (χ1) is 14.1. The standard InChI is InChI=1S/C22H29N5O2/c1-15-7-5-9-24-20(15)14-26-22(23-2)25-10-6-8-16-11-18-19(27-16)12-17(28-3)13-21(18)29-4/h5,7,9,11-13,27H,6,8,10,14H2,1-4H3,(H2,23,25,26). The van der Waals surface area contributed by atoms with Crippen LogP contribution in [0.1, 0.15) is 23.4 Å². The molecule has 3 aromatic rings. The third-order valence-corrected chi connectivity index (χ3v) is 4.87. The third-order valence-electron chi connectivity index (χ3n) is 4.87. The normalized spacial score (nSPS) is 11.5. The molecule has 2 heterocycles. The molecule has 0 saturated carbocycles. The summed E-state index contributed by atoms with van der Waals surface area (Å²) in [5.41, 5.74) is 4.38. The number of rotatable bonds is 8. The number of hydrogen-bond donors (Lipinski definition) is 3. The van der Waals surface area contributed by atoms with Gasteiger partial charge in [-0.3, -0.25) is 9.98 Å². The van der Waals surface area contributed by atoms with Gasteiger partial charge in [-0.1, -0.05) is 6.07 Å². The number of benzene rings is 1. The zero-order chi connectivity index (χ0) is 20.6. The number of nitrogens with one attached hydrogen (secondary N) is 3. The smallest absolute Gasteiger partial charge is 0.191 e. The lowest BCUT2D eigenvalue weighted by Crippen LogP contribution is -2.37. The molecular formula is C22H29N5O2. The number of nitrogens with zero attached hydrogens (tertiary/aromatic N) is 2. The van der Waals surface area contributed by atoms with Crippen molar-refractivity contribution >= 4 is 16.9 Å². The lowest BCUT2D eigenvalue weighted by Gasteiger charge is -2.12. The fourth-order valence-corrected chi connectivity index (χ4v) is 3.24. The Labute approximate surface area is 171 Å². The van der Waals surface area contributed by atoms with Gasteiger partial charge in [-0.25, -0.2) is 0 Å². The highest BCUT2D eigenvalue weighted by Gasteiger charge is 2.09. The Bertz CT molecular complexity index is 980. The van der Waals surface area contributed by atoms with Gasteiger partial charge in [0.1, 0.15) is 11.5 Å². The van der Waals surface area contributed by atoms with E-state index in [2.05, 4.69) is 44.7 Å². The van der Waals surface area contributed by atoms with E-state index >= 15 is 0 Å². The quantitative estimate of drug-likeness (QED) is 0.310. The molecule has 154 valence electrons. The van der Waals surface area contributed by atoms with Crippen molar-refractivity contribution in [3.8, 4) is 11.5 Å². The molecule has 0 atom stereocenters. The number of ether oxygens (including phenoxy) is 2. The molecule has 0 unspecified atom stereocenters. The Morgan fingerprint density at radius 3 is 2.76 bits per heavy atom. The second kappa shape index (κ2) is 9.82. The zero-order valence-corrected chi connectivity index (χ0v) is 17.5. The number of hydrogen-bond acceptors (Lipinski definition) is 4. The van der Waals surface area contributed by atoms with Crippen LogP contribution in [0.2, 0.25) is 0 Å². The summed E-state index contributed by atoms with van der Waals surface area (Å²) < 4.78 is 10.8. The van der Waals surface area contributed by atoms with E-state index in [9.17, 15) is 0 Å². The first kappa shape index (κ1) is 20.5. The van der Waals surface area contributed by atoms with Crippen molar-refractivity contribution < 1.29 is 9.47 Å². The molecular weight excluding hydrogens is 366 g/mol. The summed E-state index contributed by atoms with van der Waals surface area (Å²) >= 11 is 0. The van der Waals surface area contributed by atoms with E-state index in [1.165, 1.54) is 11.3 Å². The van der Waals surface area contributed by atoms with Crippen molar-refractivity contribution in [2.45, 2.75) is 26.3 Å². The Kier molecular flexibility index (Phi) is 6.94. The Morgan fingerprint density at radius 1 is 1.17 bits per heavy atom. The molecule has 2 aromatic heterocycles. The van der Waals surface area contributed by atoms with Crippen LogP contribution in [-0.2, 0) is 13.0 Å². The van der Waals surface area contributed by atoms with Crippen LogP contribution in [0.3, 0.4) is 0 Å². The van der Waals surface area contributed by atoms with Crippen molar-refractivity contribution in [1.82, 2.24) is 20.6 Å². The van der Waals surface area contributed by atoms with E-state index in [-0.39, 0.29) is 0 Å². The van der Waals surface area contributed by atoms with Gasteiger partial charge in [0.05, 0.1) is 32.0 Å². The maximum atomic E-state index is 5.49. The second-order valence-electron chi connectivity index (χ2n) is 6.81. The number of aryl methyl sites for hydroxylation is 2. The van der Waals surface area contributed by atoms with Gasteiger partial charge in [-0.05, 0) is 37.5 Å². The lowest BCUT2D eigenvalue weighted by molar-refractivity contribution is 0.398. The maximum Gasteiger partial charge on any atom is 0.191 e. The predicted octanol–water partition coefficient (Wildman–Crippen LogP) is 3.19. The lowest BCUT2D eigenvalue weighted by atomic mass is 10.2. The van der Waals surface area contributed by atoms with E-state index in [0.29, 0.717) is 6.54 Å². The molecule has 0 bridgehead atoms. The SMILES string of the molecule is CN=C(NCCCc1cc2c(OC)cc(OC)cc2[nH]1)NCc1ncccc1C. The Morgan fingerprint density at radius 2 is 2.03 bits per heavy atom. The van der Waals surface area contributed by atoms with Gasteiger partial charge in [0.2, 0.25) is 0 Å². The number of guanidine groups is 1. The Hall–Kier alpha value is -3.22. The number of pyridine rings is 1. The van der Waals surface area contributed by atoms with Crippen molar-refractivity contribution in [2.75, 3.05) is 27.8 Å². The molecule has 3 rings (SSSR count). The van der Waals surface area contributed by atoms with Crippen LogP contribution in [0, 0.1) is 6.92 Å². The average molecular weight is 396 g/mol. The summed E-state index contributed by atoms with van der Waals surface area (Å²) in [4.78, 5) is 12.1. The van der Waals surface area contributed by atoms with Gasteiger partial charge in [0.25, 0.3) is 0 Å². The van der Waals surface area contributed by atoms with E-state index < -0.39 is 0 Å². The number of methoxy groups -OCH3 is 2. The highest BCUT2D eigenvalue weighted by Crippen LogP contribution is 2.31. The van der Waals surface area contributed by atoms with Crippen molar-refractivity contribution in [2.24, 2.45) is 4.99 Å². The molecule has 0 radical (unpaired) electrons. The fraction of sp³-hybridized carbons (Fsp3) is 0.364. The Balaban J connectivity index is 1.51. The molecule has 7 heteroatoms. The monoisotopic (exact) mass is 395 g/mol. The molecule has 0 fully saturated rings. The van der Waals surface area contributed by atoms with Crippen molar-refractivity contribution in [3.63, 3.8) is 0 Å². The molecule has 7 nitrogen and oxygen atoms in total. The summed E-state index contributed by atoms with van der Waals surface area (Å²) in [6.45, 7) is 3.53. The number of aromatic amines is 1. The summed E-state index contributed by atoms with van der Waals surface area (Å²) in [5.74, 6) is 2.37. The predicted molar refractivity (Wildman–Crippen MR) is 117 cm³/mol. The highest BCUT2D eigenvalue weighted by atomic mass is 16.5. The number of aliphatic imine (C=N–C) groups is 1. The number of aromatic nitrogens is 2. The van der Waals surface area contributed by atoms with Crippen LogP contribution in [0.25, 0.3) is 10.9 Å². The molecule has 0 aliphatic rings. The maximum absolute atomic E-state index is 5.49. The summed E-state index contributed by atoms with van der Waals surface area (Å²) in [7, 11) is 5.11. The van der Waals surface area contributed by atoms with Crippen LogP contribution in [0.5, 0.6) is 11.5 Å². The second-order valence-corrected chi connectivity index (χ2v) is 6.81. The first-order valence-corrected chi connectivity index (χ1v) is 9.73. The molecule has 3 N–H and O–H groups in total. The minimum Gasteiger partial charge on any atom is -0.497 e. The van der Waals surface area contributed by atoms with Crippen LogP contribution in [0.15, 0.2) is 41.5 Å². The van der Waals surface area contributed by atoms with Gasteiger partial charge in [0.15, 0.2) is 5.96 Å². The van der Waals surface area contributed by atoms with Gasteiger partial charge in [-0.2, -0.15) is 0 Å². The fourth-order valence-electron chi connectivity index (χ4n) is 3.24. The van der Waals surface area contributed by atoms with Crippen molar-refractivity contribution in [1.29, 1.82) is 0 Å². The highest BCUT2D eigenvalue weighted by molar-refractivity contribution is 5.88. The van der Waals surface area contributed by atoms with Crippen LogP contribution in [-0.4, -0.2) is 43.7 Å². The zero-order valence-electron chi connectivity index (χ0n) is 17.5. The van der Waals surface area contributed by atoms with Gasteiger partial charge in [0, 0.05) is 43.0 Å². The molecule has 0 spiro atoms. The van der Waals surface area contributed by atoms with Crippen molar-refractivity contribution in [3.05, 3.63) is 53.5 Å². The van der Waals surface area contributed by atoms with E-state index in [0.717, 1.165) is 53.4 Å². The molecule has 0 saturated heterocycles. The molecule has 0 amide bonds. The van der Waals surface area contributed by atoms with E-state index in [1.807, 2.05) is 24.4 Å². The van der Waals surface area contributed by atoms with Gasteiger partial charge in [-0.15, -0.1) is 0 Å². The minimum absolute atomic E-state index is 0.649. The summed E-state index contributed by atoms with van der Waals surface area (Å²) in [6.07, 6.45) is 3.70. The van der Waals surface area contributed by atoms with Crippen LogP contribution in [0.4, 0.5) is 0 Å². The molecule has 29 heavy (non-hydrogen) atoms. The number of fused-ring (bicyclic) bond motifs is 1. The number of H-pyrrole nitrogens is 1. The summed E-state index contributed by atoms with van der Waals surface area (Å²) in [5, 5.41) is 7.74. The van der Waals surface area contributed by atoms with Crippen LogP contribution >= 0.6 is 0 Å². The molecule has 1 aromatic carbocycles. The minimum atomic E-state index is 0.649. The summed E-state index contributed by atoms with van der Waals surface area (Å²) in [6, 6.07) is 10.0. The first-order valence-electron chi connectivity index (χ1n) is 9.73. The largest absolute Gasteiger partial charge is 0.497 e. The molecule has 0 aliphatic carbocycles. The van der Waals surface area contributed by atoms with Gasteiger partial charge >= 0.3 is 0 Å². The van der Waals surface area contributed by atoms with E-state index in [1.54, 1.807) is 21.3 Å². The molecule has 0 aliphatic heterocycles. The van der Waals surface area contributed by atoms with Crippen LogP contribution < -0.4 is 20.1 Å². The van der Waals surface area contributed by atoms with E-state index in [4.69, 9.17) is 9.47 Å². The average Bonchev–Trinajstić information content (AvgIpc) is 3.16. The topological polar surface area (TPSA) is 83.6 Å².